The summed E-state index contributed by atoms with van der Waals surface area (Å²) in [6, 6.07) is 9.10. The largest absolute Gasteiger partial charge is 0.508 e. The molecule has 96 valence electrons. The second kappa shape index (κ2) is 5.07. The summed E-state index contributed by atoms with van der Waals surface area (Å²) in [7, 11) is 0. The molecular formula is C13H11N3OS2. The number of aromatic nitrogens is 2. The van der Waals surface area contributed by atoms with E-state index in [-0.39, 0.29) is 5.75 Å². The van der Waals surface area contributed by atoms with E-state index in [2.05, 4.69) is 9.97 Å². The van der Waals surface area contributed by atoms with Crippen LogP contribution in [0.25, 0.3) is 10.2 Å². The molecule has 0 unspecified atom stereocenters. The molecular weight excluding hydrogens is 278 g/mol. The average Bonchev–Trinajstić information content (AvgIpc) is 2.85. The van der Waals surface area contributed by atoms with Gasteiger partial charge in [-0.2, -0.15) is 0 Å². The van der Waals surface area contributed by atoms with Crippen molar-refractivity contribution >= 4 is 39.1 Å². The van der Waals surface area contributed by atoms with Crippen molar-refractivity contribution in [1.82, 2.24) is 9.97 Å². The molecule has 19 heavy (non-hydrogen) atoms. The van der Waals surface area contributed by atoms with E-state index in [1.54, 1.807) is 23.5 Å². The number of phenols is 1. The smallest absolute Gasteiger partial charge is 0.191 e. The number of rotatable bonds is 3. The Morgan fingerprint density at radius 3 is 3.00 bits per heavy atom. The SMILES string of the molecule is Nc1nc(SCc2cccc(O)c2)nc2sccc12. The van der Waals surface area contributed by atoms with E-state index in [0.717, 1.165) is 15.8 Å². The van der Waals surface area contributed by atoms with E-state index >= 15 is 0 Å². The lowest BCUT2D eigenvalue weighted by Gasteiger charge is -2.03. The molecule has 0 spiro atoms. The highest BCUT2D eigenvalue weighted by molar-refractivity contribution is 7.98. The average molecular weight is 289 g/mol. The van der Waals surface area contributed by atoms with Gasteiger partial charge in [-0.25, -0.2) is 9.97 Å². The summed E-state index contributed by atoms with van der Waals surface area (Å²) < 4.78 is 0. The minimum absolute atomic E-state index is 0.271. The molecule has 0 aliphatic heterocycles. The van der Waals surface area contributed by atoms with E-state index in [4.69, 9.17) is 5.73 Å². The van der Waals surface area contributed by atoms with Crippen LogP contribution in [-0.2, 0) is 5.75 Å². The molecule has 2 aromatic heterocycles. The number of hydrogen-bond acceptors (Lipinski definition) is 6. The summed E-state index contributed by atoms with van der Waals surface area (Å²) in [5.41, 5.74) is 6.92. The molecule has 0 aliphatic carbocycles. The molecule has 0 saturated heterocycles. The van der Waals surface area contributed by atoms with E-state index in [0.29, 0.717) is 16.7 Å². The zero-order valence-electron chi connectivity index (χ0n) is 9.91. The zero-order chi connectivity index (χ0) is 13.2. The van der Waals surface area contributed by atoms with Gasteiger partial charge in [0.2, 0.25) is 0 Å². The zero-order valence-corrected chi connectivity index (χ0v) is 11.5. The molecule has 0 amide bonds. The van der Waals surface area contributed by atoms with E-state index < -0.39 is 0 Å². The van der Waals surface area contributed by atoms with Crippen LogP contribution < -0.4 is 5.73 Å². The Kier molecular flexibility index (Phi) is 3.27. The Morgan fingerprint density at radius 1 is 1.26 bits per heavy atom. The van der Waals surface area contributed by atoms with Gasteiger partial charge in [0.15, 0.2) is 5.16 Å². The Hall–Kier alpha value is -1.79. The highest BCUT2D eigenvalue weighted by Gasteiger charge is 2.07. The Morgan fingerprint density at radius 2 is 2.16 bits per heavy atom. The molecule has 3 N–H and O–H groups in total. The Bertz CT molecular complexity index is 727. The van der Waals surface area contributed by atoms with E-state index in [1.165, 1.54) is 11.8 Å². The van der Waals surface area contributed by atoms with Gasteiger partial charge in [0, 0.05) is 5.75 Å². The molecule has 0 radical (unpaired) electrons. The minimum Gasteiger partial charge on any atom is -0.508 e. The van der Waals surface area contributed by atoms with Crippen LogP contribution in [0.5, 0.6) is 5.75 Å². The van der Waals surface area contributed by atoms with E-state index in [1.807, 2.05) is 23.6 Å². The fraction of sp³-hybridized carbons (Fsp3) is 0.0769. The topological polar surface area (TPSA) is 72.0 Å². The highest BCUT2D eigenvalue weighted by atomic mass is 32.2. The maximum atomic E-state index is 9.41. The van der Waals surface area contributed by atoms with Crippen LogP contribution in [0.15, 0.2) is 40.9 Å². The molecule has 4 nitrogen and oxygen atoms in total. The number of aromatic hydroxyl groups is 1. The monoisotopic (exact) mass is 289 g/mol. The number of phenolic OH excluding ortho intramolecular Hbond substituents is 1. The second-order valence-electron chi connectivity index (χ2n) is 3.99. The Balaban J connectivity index is 1.81. The molecule has 0 bridgehead atoms. The van der Waals surface area contributed by atoms with Crippen molar-refractivity contribution in [2.45, 2.75) is 10.9 Å². The van der Waals surface area contributed by atoms with Gasteiger partial charge in [0.05, 0.1) is 5.39 Å². The number of nitrogens with zero attached hydrogens (tertiary/aromatic N) is 2. The number of thioether (sulfide) groups is 1. The molecule has 3 rings (SSSR count). The first kappa shape index (κ1) is 12.3. The van der Waals surface area contributed by atoms with Crippen molar-refractivity contribution in [3.8, 4) is 5.75 Å². The molecule has 6 heteroatoms. The van der Waals surface area contributed by atoms with Crippen LogP contribution in [0.4, 0.5) is 5.82 Å². The van der Waals surface area contributed by atoms with Gasteiger partial charge in [0.1, 0.15) is 16.4 Å². The number of nitrogen functional groups attached to an aromatic ring is 1. The van der Waals surface area contributed by atoms with Crippen LogP contribution in [0, 0.1) is 0 Å². The first-order valence-electron chi connectivity index (χ1n) is 5.64. The normalized spacial score (nSPS) is 10.9. The lowest BCUT2D eigenvalue weighted by Crippen LogP contribution is -1.95. The minimum atomic E-state index is 0.271. The van der Waals surface area contributed by atoms with Gasteiger partial charge in [0.25, 0.3) is 0 Å². The third kappa shape index (κ3) is 2.64. The van der Waals surface area contributed by atoms with Crippen molar-refractivity contribution in [2.24, 2.45) is 0 Å². The van der Waals surface area contributed by atoms with Crippen molar-refractivity contribution in [3.63, 3.8) is 0 Å². The molecule has 0 saturated carbocycles. The van der Waals surface area contributed by atoms with Gasteiger partial charge in [-0.05, 0) is 29.1 Å². The summed E-state index contributed by atoms with van der Waals surface area (Å²) in [6.45, 7) is 0. The summed E-state index contributed by atoms with van der Waals surface area (Å²) in [4.78, 5) is 9.65. The van der Waals surface area contributed by atoms with Gasteiger partial charge in [-0.1, -0.05) is 23.9 Å². The van der Waals surface area contributed by atoms with Crippen molar-refractivity contribution < 1.29 is 5.11 Å². The van der Waals surface area contributed by atoms with Crippen LogP contribution in [0.2, 0.25) is 0 Å². The van der Waals surface area contributed by atoms with Gasteiger partial charge >= 0.3 is 0 Å². The third-order valence-corrected chi connectivity index (χ3v) is 4.34. The summed E-state index contributed by atoms with van der Waals surface area (Å²) in [5.74, 6) is 1.49. The standard InChI is InChI=1S/C13H11N3OS2/c14-11-10-4-5-18-12(10)16-13(15-11)19-7-8-2-1-3-9(17)6-8/h1-6,17H,7H2,(H2,14,15,16). The predicted molar refractivity (Wildman–Crippen MR) is 79.5 cm³/mol. The van der Waals surface area contributed by atoms with Crippen molar-refractivity contribution in [2.75, 3.05) is 5.73 Å². The molecule has 0 aliphatic rings. The first-order chi connectivity index (χ1) is 9.22. The first-order valence-corrected chi connectivity index (χ1v) is 7.50. The molecule has 0 atom stereocenters. The number of nitrogens with two attached hydrogens (primary N) is 1. The molecule has 1 aromatic carbocycles. The third-order valence-electron chi connectivity index (χ3n) is 2.61. The molecule has 2 heterocycles. The van der Waals surface area contributed by atoms with Crippen molar-refractivity contribution in [1.29, 1.82) is 0 Å². The lowest BCUT2D eigenvalue weighted by molar-refractivity contribution is 0.475. The fourth-order valence-corrected chi connectivity index (χ4v) is 3.34. The van der Waals surface area contributed by atoms with Gasteiger partial charge in [-0.3, -0.25) is 0 Å². The summed E-state index contributed by atoms with van der Waals surface area (Å²) >= 11 is 3.06. The summed E-state index contributed by atoms with van der Waals surface area (Å²) in [6.07, 6.45) is 0. The quantitative estimate of drug-likeness (QED) is 0.572. The Labute approximate surface area is 118 Å². The number of hydrogen-bond donors (Lipinski definition) is 2. The maximum absolute atomic E-state index is 9.41. The predicted octanol–water partition coefficient (Wildman–Crippen LogP) is 3.27. The maximum Gasteiger partial charge on any atom is 0.191 e. The molecule has 3 aromatic rings. The second-order valence-corrected chi connectivity index (χ2v) is 5.83. The van der Waals surface area contributed by atoms with Crippen molar-refractivity contribution in [3.05, 3.63) is 41.3 Å². The van der Waals surface area contributed by atoms with Crippen LogP contribution in [-0.4, -0.2) is 15.1 Å². The highest BCUT2D eigenvalue weighted by Crippen LogP contribution is 2.28. The number of anilines is 1. The number of thiophene rings is 1. The lowest BCUT2D eigenvalue weighted by atomic mass is 10.2. The fourth-order valence-electron chi connectivity index (χ4n) is 1.72. The number of benzene rings is 1. The van der Waals surface area contributed by atoms with Crippen LogP contribution in [0.3, 0.4) is 0 Å². The van der Waals surface area contributed by atoms with E-state index in [9.17, 15) is 5.11 Å². The van der Waals surface area contributed by atoms with Gasteiger partial charge in [-0.15, -0.1) is 11.3 Å². The summed E-state index contributed by atoms with van der Waals surface area (Å²) in [5, 5.41) is 12.9. The van der Waals surface area contributed by atoms with Crippen LogP contribution >= 0.6 is 23.1 Å². The molecule has 0 fully saturated rings. The number of fused-ring (bicyclic) bond motifs is 1. The van der Waals surface area contributed by atoms with Crippen LogP contribution in [0.1, 0.15) is 5.56 Å². The van der Waals surface area contributed by atoms with Gasteiger partial charge < -0.3 is 10.8 Å².